The van der Waals surface area contributed by atoms with E-state index in [4.69, 9.17) is 4.74 Å². The average Bonchev–Trinajstić information content (AvgIpc) is 2.49. The minimum Gasteiger partial charge on any atom is -0.470 e. The number of hydrogen-bond acceptors (Lipinski definition) is 3. The van der Waals surface area contributed by atoms with Crippen molar-refractivity contribution < 1.29 is 4.74 Å². The molecule has 0 saturated heterocycles. The van der Waals surface area contributed by atoms with Crippen LogP contribution in [0.4, 0.5) is 0 Å². The molecule has 112 valence electrons. The molecule has 1 aromatic carbocycles. The first-order valence-corrected chi connectivity index (χ1v) is 7.52. The second kappa shape index (κ2) is 7.79. The smallest absolute Gasteiger partial charge is 0.213 e. The lowest BCUT2D eigenvalue weighted by Gasteiger charge is -2.14. The van der Waals surface area contributed by atoms with Crippen LogP contribution in [0.3, 0.4) is 0 Å². The molecule has 3 heteroatoms. The van der Waals surface area contributed by atoms with Crippen molar-refractivity contribution in [1.29, 1.82) is 0 Å². The van der Waals surface area contributed by atoms with Gasteiger partial charge in [0.25, 0.3) is 0 Å². The fraction of sp³-hybridized carbons (Fsp3) is 0.389. The summed E-state index contributed by atoms with van der Waals surface area (Å²) in [6.07, 6.45) is 1.88. The predicted molar refractivity (Wildman–Crippen MR) is 86.3 cm³/mol. The van der Waals surface area contributed by atoms with Gasteiger partial charge in [-0.1, -0.05) is 50.2 Å². The van der Waals surface area contributed by atoms with Gasteiger partial charge < -0.3 is 10.1 Å². The van der Waals surface area contributed by atoms with Gasteiger partial charge >= 0.3 is 0 Å². The molecule has 2 rings (SSSR count). The number of benzene rings is 1. The maximum absolute atomic E-state index is 5.87. The van der Waals surface area contributed by atoms with Gasteiger partial charge in [-0.3, -0.25) is 0 Å². The van der Waals surface area contributed by atoms with Crippen LogP contribution in [-0.2, 0) is 6.54 Å². The van der Waals surface area contributed by atoms with Gasteiger partial charge in [0.2, 0.25) is 5.88 Å². The number of hydrogen-bond donors (Lipinski definition) is 1. The van der Waals surface area contributed by atoms with E-state index in [0.717, 1.165) is 18.7 Å². The highest BCUT2D eigenvalue weighted by molar-refractivity contribution is 5.21. The molecule has 0 bridgehead atoms. The van der Waals surface area contributed by atoms with Gasteiger partial charge in [-0.25, -0.2) is 4.98 Å². The summed E-state index contributed by atoms with van der Waals surface area (Å²) in [5.74, 6) is 1.33. The predicted octanol–water partition coefficient (Wildman–Crippen LogP) is 3.97. The lowest BCUT2D eigenvalue weighted by atomic mass is 10.1. The SMILES string of the molecule is CC(C)CNCc1ccc(OC(C)c2ccccc2)nc1. The van der Waals surface area contributed by atoms with Crippen LogP contribution in [0.2, 0.25) is 0 Å². The largest absolute Gasteiger partial charge is 0.470 e. The van der Waals surface area contributed by atoms with Crippen LogP contribution in [0.5, 0.6) is 5.88 Å². The molecule has 1 unspecified atom stereocenters. The van der Waals surface area contributed by atoms with E-state index in [0.29, 0.717) is 11.8 Å². The van der Waals surface area contributed by atoms with E-state index < -0.39 is 0 Å². The Kier molecular flexibility index (Phi) is 5.76. The summed E-state index contributed by atoms with van der Waals surface area (Å²) in [5, 5.41) is 3.41. The van der Waals surface area contributed by atoms with Gasteiger partial charge in [-0.15, -0.1) is 0 Å². The van der Waals surface area contributed by atoms with Crippen LogP contribution < -0.4 is 10.1 Å². The number of nitrogens with zero attached hydrogens (tertiary/aromatic N) is 1. The van der Waals surface area contributed by atoms with Crippen LogP contribution >= 0.6 is 0 Å². The standard InChI is InChI=1S/C18H24N2O/c1-14(2)11-19-12-16-9-10-18(20-13-16)21-15(3)17-7-5-4-6-8-17/h4-10,13-15,19H,11-12H2,1-3H3. The zero-order chi connectivity index (χ0) is 15.1. The summed E-state index contributed by atoms with van der Waals surface area (Å²) in [6.45, 7) is 8.30. The number of rotatable bonds is 7. The van der Waals surface area contributed by atoms with E-state index in [-0.39, 0.29) is 6.10 Å². The van der Waals surface area contributed by atoms with E-state index in [2.05, 4.69) is 42.3 Å². The second-order valence-electron chi connectivity index (χ2n) is 5.70. The molecule has 0 fully saturated rings. The maximum Gasteiger partial charge on any atom is 0.213 e. The fourth-order valence-electron chi connectivity index (χ4n) is 2.06. The molecular formula is C18H24N2O. The summed E-state index contributed by atoms with van der Waals surface area (Å²) in [7, 11) is 0. The summed E-state index contributed by atoms with van der Waals surface area (Å²) in [4.78, 5) is 4.38. The van der Waals surface area contributed by atoms with E-state index in [9.17, 15) is 0 Å². The summed E-state index contributed by atoms with van der Waals surface area (Å²) in [6, 6.07) is 14.2. The molecule has 0 amide bonds. The Balaban J connectivity index is 1.87. The third-order valence-electron chi connectivity index (χ3n) is 3.25. The summed E-state index contributed by atoms with van der Waals surface area (Å²) < 4.78 is 5.87. The van der Waals surface area contributed by atoms with Crippen molar-refractivity contribution in [2.24, 2.45) is 5.92 Å². The summed E-state index contributed by atoms with van der Waals surface area (Å²) in [5.41, 5.74) is 2.33. The second-order valence-corrected chi connectivity index (χ2v) is 5.70. The Morgan fingerprint density at radius 1 is 1.05 bits per heavy atom. The van der Waals surface area contributed by atoms with Crippen LogP contribution in [0.1, 0.15) is 38.0 Å². The number of nitrogens with one attached hydrogen (secondary N) is 1. The van der Waals surface area contributed by atoms with Gasteiger partial charge in [0.05, 0.1) is 0 Å². The third-order valence-corrected chi connectivity index (χ3v) is 3.25. The van der Waals surface area contributed by atoms with Crippen molar-refractivity contribution in [2.45, 2.75) is 33.4 Å². The maximum atomic E-state index is 5.87. The zero-order valence-electron chi connectivity index (χ0n) is 13.0. The van der Waals surface area contributed by atoms with Gasteiger partial charge in [-0.2, -0.15) is 0 Å². The molecule has 1 N–H and O–H groups in total. The quantitative estimate of drug-likeness (QED) is 0.835. The molecule has 0 radical (unpaired) electrons. The molecule has 1 atom stereocenters. The highest BCUT2D eigenvalue weighted by Gasteiger charge is 2.07. The van der Waals surface area contributed by atoms with Crippen LogP contribution in [0, 0.1) is 5.92 Å². The first kappa shape index (κ1) is 15.5. The number of ether oxygens (including phenoxy) is 1. The van der Waals surface area contributed by atoms with Crippen molar-refractivity contribution in [3.8, 4) is 5.88 Å². The van der Waals surface area contributed by atoms with E-state index in [1.54, 1.807) is 0 Å². The van der Waals surface area contributed by atoms with Crippen molar-refractivity contribution in [3.63, 3.8) is 0 Å². The van der Waals surface area contributed by atoms with Crippen LogP contribution in [0.15, 0.2) is 48.7 Å². The van der Waals surface area contributed by atoms with Crippen LogP contribution in [-0.4, -0.2) is 11.5 Å². The molecule has 0 aliphatic rings. The number of aromatic nitrogens is 1. The Hall–Kier alpha value is -1.87. The average molecular weight is 284 g/mol. The highest BCUT2D eigenvalue weighted by Crippen LogP contribution is 2.19. The molecule has 0 spiro atoms. The molecule has 3 nitrogen and oxygen atoms in total. The molecule has 1 aromatic heterocycles. The molecular weight excluding hydrogens is 260 g/mol. The molecule has 0 saturated carbocycles. The third kappa shape index (κ3) is 5.20. The number of pyridine rings is 1. The van der Waals surface area contributed by atoms with Gasteiger partial charge in [0, 0.05) is 18.8 Å². The minimum atomic E-state index is 0.00335. The van der Waals surface area contributed by atoms with Gasteiger partial charge in [0.1, 0.15) is 6.10 Å². The fourth-order valence-corrected chi connectivity index (χ4v) is 2.06. The Bertz CT molecular complexity index is 523. The van der Waals surface area contributed by atoms with Gasteiger partial charge in [-0.05, 0) is 30.5 Å². The van der Waals surface area contributed by atoms with Crippen molar-refractivity contribution in [1.82, 2.24) is 10.3 Å². The summed E-state index contributed by atoms with van der Waals surface area (Å²) >= 11 is 0. The lowest BCUT2D eigenvalue weighted by Crippen LogP contribution is -2.19. The Morgan fingerprint density at radius 2 is 1.81 bits per heavy atom. The van der Waals surface area contributed by atoms with Crippen molar-refractivity contribution in [2.75, 3.05) is 6.54 Å². The van der Waals surface area contributed by atoms with Crippen molar-refractivity contribution in [3.05, 3.63) is 59.8 Å². The normalized spacial score (nSPS) is 12.4. The Labute approximate surface area is 127 Å². The lowest BCUT2D eigenvalue weighted by molar-refractivity contribution is 0.217. The van der Waals surface area contributed by atoms with Gasteiger partial charge in [0.15, 0.2) is 0 Å². The van der Waals surface area contributed by atoms with Crippen LogP contribution in [0.25, 0.3) is 0 Å². The molecule has 1 heterocycles. The highest BCUT2D eigenvalue weighted by atomic mass is 16.5. The Morgan fingerprint density at radius 3 is 2.43 bits per heavy atom. The molecule has 21 heavy (non-hydrogen) atoms. The monoisotopic (exact) mass is 284 g/mol. The molecule has 0 aliphatic heterocycles. The van der Waals surface area contributed by atoms with E-state index >= 15 is 0 Å². The van der Waals surface area contributed by atoms with Crippen molar-refractivity contribution >= 4 is 0 Å². The molecule has 0 aliphatic carbocycles. The van der Waals surface area contributed by atoms with E-state index in [1.807, 2.05) is 37.4 Å². The van der Waals surface area contributed by atoms with E-state index in [1.165, 1.54) is 5.56 Å². The zero-order valence-corrected chi connectivity index (χ0v) is 13.0. The first-order valence-electron chi connectivity index (χ1n) is 7.52. The first-order chi connectivity index (χ1) is 10.1. The topological polar surface area (TPSA) is 34.1 Å². The minimum absolute atomic E-state index is 0.00335. The molecule has 2 aromatic rings.